The number of hydrogen-bond donors (Lipinski definition) is 1. The van der Waals surface area contributed by atoms with Crippen molar-refractivity contribution in [1.82, 2.24) is 10.2 Å². The topological polar surface area (TPSA) is 89.7 Å². The fourth-order valence-electron chi connectivity index (χ4n) is 3.97. The Morgan fingerprint density at radius 3 is 2.47 bits per heavy atom. The quantitative estimate of drug-likeness (QED) is 0.516. The summed E-state index contributed by atoms with van der Waals surface area (Å²) in [6, 6.07) is 12.7. The highest BCUT2D eigenvalue weighted by atomic mass is 16.6. The van der Waals surface area contributed by atoms with Crippen LogP contribution in [0.1, 0.15) is 30.0 Å². The molecule has 3 aromatic rings. The zero-order valence-corrected chi connectivity index (χ0v) is 17.5. The number of aromatic nitrogens is 2. The van der Waals surface area contributed by atoms with E-state index in [0.29, 0.717) is 17.3 Å². The Morgan fingerprint density at radius 1 is 1.10 bits per heavy atom. The Kier molecular flexibility index (Phi) is 5.50. The van der Waals surface area contributed by atoms with Crippen molar-refractivity contribution in [3.63, 3.8) is 0 Å². The maximum atomic E-state index is 10.8. The Balaban J connectivity index is 1.42. The van der Waals surface area contributed by atoms with Crippen molar-refractivity contribution in [3.05, 3.63) is 69.6 Å². The predicted molar refractivity (Wildman–Crippen MR) is 114 cm³/mol. The molecule has 0 spiro atoms. The summed E-state index contributed by atoms with van der Waals surface area (Å²) in [5.74, 6) is 0.985. The summed E-state index contributed by atoms with van der Waals surface area (Å²) in [7, 11) is 0. The fraction of sp³-hybridized carbons (Fsp3) is 0.364. The van der Waals surface area contributed by atoms with E-state index < -0.39 is 4.92 Å². The molecule has 8 nitrogen and oxygen atoms in total. The third kappa shape index (κ3) is 3.91. The third-order valence-corrected chi connectivity index (χ3v) is 6.07. The maximum Gasteiger partial charge on any atom is 0.274 e. The first-order chi connectivity index (χ1) is 14.4. The minimum absolute atomic E-state index is 0.0398. The van der Waals surface area contributed by atoms with Crippen LogP contribution in [-0.4, -0.2) is 41.3 Å². The van der Waals surface area contributed by atoms with Gasteiger partial charge in [0, 0.05) is 23.4 Å². The number of nitrogens with zero attached hydrogens (tertiary/aromatic N) is 4. The average Bonchev–Trinajstić information content (AvgIpc) is 3.26. The molecule has 156 valence electrons. The van der Waals surface area contributed by atoms with Crippen LogP contribution in [0.3, 0.4) is 0 Å². The van der Waals surface area contributed by atoms with Gasteiger partial charge >= 0.3 is 0 Å². The number of benzene rings is 2. The monoisotopic (exact) mass is 408 g/mol. The minimum atomic E-state index is -0.424. The lowest BCUT2D eigenvalue weighted by Crippen LogP contribution is -3.14. The van der Waals surface area contributed by atoms with Gasteiger partial charge in [0.05, 0.1) is 31.1 Å². The standard InChI is InChI=1S/C22H25N5O3/c1-15-5-4-6-20(16(15)2)26-13-11-25(12-14-26)17(3)21-23-24-22(30-21)18-7-9-19(10-8-18)27(28)29/h4-10,17H,11-14H2,1-3H3/p+1/t17-/m1/s1. The van der Waals surface area contributed by atoms with E-state index >= 15 is 0 Å². The number of nitro groups is 1. The van der Waals surface area contributed by atoms with Crippen LogP contribution in [0.15, 0.2) is 46.9 Å². The first-order valence-corrected chi connectivity index (χ1v) is 10.2. The van der Waals surface area contributed by atoms with Gasteiger partial charge < -0.3 is 14.2 Å². The summed E-state index contributed by atoms with van der Waals surface area (Å²) >= 11 is 0. The van der Waals surface area contributed by atoms with Crippen molar-refractivity contribution in [2.75, 3.05) is 31.1 Å². The van der Waals surface area contributed by atoms with E-state index in [0.717, 1.165) is 26.2 Å². The van der Waals surface area contributed by atoms with Crippen LogP contribution < -0.4 is 9.80 Å². The minimum Gasteiger partial charge on any atom is -0.415 e. The highest BCUT2D eigenvalue weighted by molar-refractivity contribution is 5.56. The van der Waals surface area contributed by atoms with Gasteiger partial charge in [-0.2, -0.15) is 0 Å². The molecule has 1 fully saturated rings. The Morgan fingerprint density at radius 2 is 1.80 bits per heavy atom. The largest absolute Gasteiger partial charge is 0.415 e. The van der Waals surface area contributed by atoms with Crippen molar-refractivity contribution in [3.8, 4) is 11.5 Å². The molecular weight excluding hydrogens is 382 g/mol. The predicted octanol–water partition coefficient (Wildman–Crippen LogP) is 2.73. The Hall–Kier alpha value is -3.26. The van der Waals surface area contributed by atoms with Crippen molar-refractivity contribution < 1.29 is 14.2 Å². The number of non-ortho nitro benzene ring substituents is 1. The SMILES string of the molecule is Cc1cccc(N2CC[NH+]([C@H](C)c3nnc(-c4ccc([N+](=O)[O-])cc4)o3)CC2)c1C. The van der Waals surface area contributed by atoms with Gasteiger partial charge in [0.1, 0.15) is 0 Å². The highest BCUT2D eigenvalue weighted by Gasteiger charge is 2.30. The van der Waals surface area contributed by atoms with Gasteiger partial charge in [-0.25, -0.2) is 0 Å². The van der Waals surface area contributed by atoms with Gasteiger partial charge in [0.15, 0.2) is 6.04 Å². The number of aryl methyl sites for hydroxylation is 1. The first-order valence-electron chi connectivity index (χ1n) is 10.2. The zero-order chi connectivity index (χ0) is 21.3. The van der Waals surface area contributed by atoms with E-state index in [2.05, 4.69) is 54.1 Å². The molecule has 1 aliphatic heterocycles. The molecule has 2 aromatic carbocycles. The number of quaternary nitrogens is 1. The molecule has 1 N–H and O–H groups in total. The molecule has 0 aliphatic carbocycles. The number of nitro benzene ring substituents is 1. The van der Waals surface area contributed by atoms with Crippen molar-refractivity contribution in [1.29, 1.82) is 0 Å². The lowest BCUT2D eigenvalue weighted by atomic mass is 10.1. The second kappa shape index (κ2) is 8.23. The number of nitrogens with one attached hydrogen (secondary N) is 1. The van der Waals surface area contributed by atoms with Crippen LogP contribution in [0, 0.1) is 24.0 Å². The molecule has 1 aromatic heterocycles. The number of piperazine rings is 1. The van der Waals surface area contributed by atoms with Gasteiger partial charge in [-0.05, 0) is 50.1 Å². The summed E-state index contributed by atoms with van der Waals surface area (Å²) in [6.07, 6.45) is 0. The Labute approximate surface area is 175 Å². The molecule has 1 saturated heterocycles. The molecule has 1 atom stereocenters. The molecular formula is C22H26N5O3+. The number of hydrogen-bond acceptors (Lipinski definition) is 6. The molecule has 0 saturated carbocycles. The van der Waals surface area contributed by atoms with Gasteiger partial charge in [0.2, 0.25) is 5.89 Å². The summed E-state index contributed by atoms with van der Waals surface area (Å²) in [5.41, 5.74) is 4.71. The number of rotatable bonds is 5. The van der Waals surface area contributed by atoms with Crippen molar-refractivity contribution in [2.24, 2.45) is 0 Å². The fourth-order valence-corrected chi connectivity index (χ4v) is 3.97. The van der Waals surface area contributed by atoms with Crippen LogP contribution in [0.2, 0.25) is 0 Å². The lowest BCUT2D eigenvalue weighted by Gasteiger charge is -2.36. The van der Waals surface area contributed by atoms with E-state index in [1.807, 2.05) is 0 Å². The summed E-state index contributed by atoms with van der Waals surface area (Å²) in [5, 5.41) is 19.2. The zero-order valence-electron chi connectivity index (χ0n) is 17.5. The van der Waals surface area contributed by atoms with Gasteiger partial charge in [-0.3, -0.25) is 10.1 Å². The summed E-state index contributed by atoms with van der Waals surface area (Å²) in [4.78, 5) is 14.3. The van der Waals surface area contributed by atoms with Crippen molar-refractivity contribution >= 4 is 11.4 Å². The van der Waals surface area contributed by atoms with Crippen LogP contribution in [0.5, 0.6) is 0 Å². The lowest BCUT2D eigenvalue weighted by molar-refractivity contribution is -0.931. The molecule has 1 aliphatic rings. The molecule has 4 rings (SSSR count). The van der Waals surface area contributed by atoms with Crippen molar-refractivity contribution in [2.45, 2.75) is 26.8 Å². The molecule has 8 heteroatoms. The molecule has 0 radical (unpaired) electrons. The van der Waals surface area contributed by atoms with E-state index in [4.69, 9.17) is 4.42 Å². The smallest absolute Gasteiger partial charge is 0.274 e. The summed E-state index contributed by atoms with van der Waals surface area (Å²) < 4.78 is 5.90. The van der Waals surface area contributed by atoms with E-state index in [1.165, 1.54) is 33.8 Å². The highest BCUT2D eigenvalue weighted by Crippen LogP contribution is 2.24. The first kappa shape index (κ1) is 20.0. The molecule has 0 amide bonds. The van der Waals surface area contributed by atoms with E-state index in [-0.39, 0.29) is 11.7 Å². The molecule has 0 bridgehead atoms. The molecule has 30 heavy (non-hydrogen) atoms. The molecule has 0 unspecified atom stereocenters. The summed E-state index contributed by atoms with van der Waals surface area (Å²) in [6.45, 7) is 10.4. The second-order valence-electron chi connectivity index (χ2n) is 7.84. The second-order valence-corrected chi connectivity index (χ2v) is 7.84. The third-order valence-electron chi connectivity index (χ3n) is 6.07. The van der Waals surface area contributed by atoms with Crippen LogP contribution in [0.25, 0.3) is 11.5 Å². The van der Waals surface area contributed by atoms with Crippen LogP contribution >= 0.6 is 0 Å². The molecule has 2 heterocycles. The van der Waals surface area contributed by atoms with E-state index in [1.54, 1.807) is 12.1 Å². The Bertz CT molecular complexity index is 1040. The van der Waals surface area contributed by atoms with E-state index in [9.17, 15) is 10.1 Å². The number of anilines is 1. The maximum absolute atomic E-state index is 10.8. The van der Waals surface area contributed by atoms with Gasteiger partial charge in [0.25, 0.3) is 11.6 Å². The van der Waals surface area contributed by atoms with Gasteiger partial charge in [-0.15, -0.1) is 10.2 Å². The normalized spacial score (nSPS) is 15.9. The van der Waals surface area contributed by atoms with Crippen LogP contribution in [0.4, 0.5) is 11.4 Å². The van der Waals surface area contributed by atoms with Crippen LogP contribution in [-0.2, 0) is 0 Å². The average molecular weight is 408 g/mol. The van der Waals surface area contributed by atoms with Gasteiger partial charge in [-0.1, -0.05) is 12.1 Å².